The van der Waals surface area contributed by atoms with Crippen LogP contribution in [-0.2, 0) is 19.3 Å². The first-order valence-electron chi connectivity index (χ1n) is 8.13. The van der Waals surface area contributed by atoms with Crippen molar-refractivity contribution in [3.8, 4) is 17.6 Å². The van der Waals surface area contributed by atoms with Crippen LogP contribution in [0.3, 0.4) is 0 Å². The van der Waals surface area contributed by atoms with Gasteiger partial charge in [0.05, 0.1) is 5.56 Å². The average molecular weight is 315 g/mol. The van der Waals surface area contributed by atoms with E-state index in [0.29, 0.717) is 17.7 Å². The number of H-pyrrole nitrogens is 1. The summed E-state index contributed by atoms with van der Waals surface area (Å²) >= 11 is 0. The van der Waals surface area contributed by atoms with Crippen LogP contribution < -0.4 is 4.74 Å². The molecule has 0 amide bonds. The fourth-order valence-corrected chi connectivity index (χ4v) is 3.18. The fourth-order valence-electron chi connectivity index (χ4n) is 3.18. The van der Waals surface area contributed by atoms with E-state index in [2.05, 4.69) is 28.2 Å². The second-order valence-corrected chi connectivity index (χ2v) is 6.04. The Hall–Kier alpha value is -3.06. The van der Waals surface area contributed by atoms with Crippen molar-refractivity contribution in [2.45, 2.75) is 25.7 Å². The Labute approximate surface area is 140 Å². The maximum Gasteiger partial charge on any atom is 0.145 e. The molecule has 24 heavy (non-hydrogen) atoms. The molecule has 0 radical (unpaired) electrons. The molecule has 4 heteroatoms. The summed E-state index contributed by atoms with van der Waals surface area (Å²) in [7, 11) is 0. The molecule has 0 fully saturated rings. The average Bonchev–Trinajstić information content (AvgIpc) is 3.26. The molecule has 0 spiro atoms. The molecule has 0 aliphatic heterocycles. The number of rotatable bonds is 4. The molecule has 0 unspecified atom stereocenters. The van der Waals surface area contributed by atoms with Crippen LogP contribution in [0.5, 0.6) is 11.5 Å². The van der Waals surface area contributed by atoms with Crippen LogP contribution in [0.4, 0.5) is 0 Å². The largest absolute Gasteiger partial charge is 0.456 e. The van der Waals surface area contributed by atoms with E-state index in [1.165, 1.54) is 17.5 Å². The van der Waals surface area contributed by atoms with Crippen molar-refractivity contribution in [2.75, 3.05) is 0 Å². The highest BCUT2D eigenvalue weighted by molar-refractivity contribution is 5.49. The molecular formula is C20H17N3O. The minimum Gasteiger partial charge on any atom is -0.456 e. The Kier molecular flexibility index (Phi) is 3.76. The molecule has 0 saturated heterocycles. The van der Waals surface area contributed by atoms with Crippen LogP contribution in [0.25, 0.3) is 0 Å². The molecule has 1 N–H and O–H groups in total. The van der Waals surface area contributed by atoms with Crippen LogP contribution in [0.1, 0.15) is 34.5 Å². The summed E-state index contributed by atoms with van der Waals surface area (Å²) in [4.78, 5) is 7.34. The number of benzene rings is 2. The lowest BCUT2D eigenvalue weighted by Gasteiger charge is -2.10. The summed E-state index contributed by atoms with van der Waals surface area (Å²) in [6.07, 6.45) is 7.69. The van der Waals surface area contributed by atoms with Gasteiger partial charge in [-0.05, 0) is 60.2 Å². The number of aromatic nitrogens is 2. The highest BCUT2D eigenvalue weighted by Gasteiger charge is 2.13. The maximum absolute atomic E-state index is 9.35. The van der Waals surface area contributed by atoms with Gasteiger partial charge in [0.1, 0.15) is 23.4 Å². The Morgan fingerprint density at radius 2 is 2.04 bits per heavy atom. The highest BCUT2D eigenvalue weighted by atomic mass is 16.5. The van der Waals surface area contributed by atoms with E-state index >= 15 is 0 Å². The van der Waals surface area contributed by atoms with Gasteiger partial charge in [-0.3, -0.25) is 0 Å². The fraction of sp³-hybridized carbons (Fsp3) is 0.200. The molecule has 0 saturated carbocycles. The third-order valence-corrected chi connectivity index (χ3v) is 4.39. The highest BCUT2D eigenvalue weighted by Crippen LogP contribution is 2.31. The van der Waals surface area contributed by atoms with Gasteiger partial charge in [0.25, 0.3) is 0 Å². The molecule has 4 nitrogen and oxygen atoms in total. The van der Waals surface area contributed by atoms with E-state index in [4.69, 9.17) is 4.74 Å². The standard InChI is InChI=1S/C20H17N3O/c21-13-17-5-4-14(11-20-22-8-9-23-20)10-19(17)24-18-7-6-15-2-1-3-16(15)12-18/h4-10,12H,1-3,11H2,(H,22,23). The van der Waals surface area contributed by atoms with Crippen molar-refractivity contribution in [1.82, 2.24) is 9.97 Å². The lowest BCUT2D eigenvalue weighted by Crippen LogP contribution is -1.95. The second kappa shape index (κ2) is 6.21. The monoisotopic (exact) mass is 315 g/mol. The van der Waals surface area contributed by atoms with Crippen LogP contribution in [0.2, 0.25) is 0 Å². The first-order chi connectivity index (χ1) is 11.8. The van der Waals surface area contributed by atoms with E-state index in [1.807, 2.05) is 18.2 Å². The van der Waals surface area contributed by atoms with Crippen molar-refractivity contribution in [3.63, 3.8) is 0 Å². The van der Waals surface area contributed by atoms with Crippen molar-refractivity contribution in [2.24, 2.45) is 0 Å². The molecule has 1 aliphatic carbocycles. The van der Waals surface area contributed by atoms with Crippen molar-refractivity contribution in [1.29, 1.82) is 5.26 Å². The van der Waals surface area contributed by atoms with E-state index in [1.54, 1.807) is 18.5 Å². The number of nitrogens with zero attached hydrogens (tertiary/aromatic N) is 2. The van der Waals surface area contributed by atoms with E-state index in [9.17, 15) is 5.26 Å². The van der Waals surface area contributed by atoms with Crippen LogP contribution in [0.15, 0.2) is 48.8 Å². The summed E-state index contributed by atoms with van der Waals surface area (Å²) in [5.41, 5.74) is 4.37. The number of nitrogens with one attached hydrogen (secondary N) is 1. The van der Waals surface area contributed by atoms with Gasteiger partial charge in [-0.1, -0.05) is 12.1 Å². The van der Waals surface area contributed by atoms with Gasteiger partial charge in [0, 0.05) is 18.8 Å². The molecular weight excluding hydrogens is 298 g/mol. The molecule has 1 heterocycles. The van der Waals surface area contributed by atoms with E-state index in [0.717, 1.165) is 30.0 Å². The normalized spacial score (nSPS) is 12.6. The molecule has 0 atom stereocenters. The number of imidazole rings is 1. The van der Waals surface area contributed by atoms with Gasteiger partial charge in [-0.25, -0.2) is 4.98 Å². The Morgan fingerprint density at radius 3 is 2.88 bits per heavy atom. The van der Waals surface area contributed by atoms with Crippen molar-refractivity contribution < 1.29 is 4.74 Å². The lowest BCUT2D eigenvalue weighted by atomic mass is 10.1. The Morgan fingerprint density at radius 1 is 1.12 bits per heavy atom. The number of hydrogen-bond donors (Lipinski definition) is 1. The van der Waals surface area contributed by atoms with Gasteiger partial charge in [0.15, 0.2) is 0 Å². The molecule has 1 aromatic heterocycles. The van der Waals surface area contributed by atoms with Crippen molar-refractivity contribution >= 4 is 0 Å². The third kappa shape index (κ3) is 2.89. The van der Waals surface area contributed by atoms with E-state index in [-0.39, 0.29) is 0 Å². The van der Waals surface area contributed by atoms with Gasteiger partial charge in [-0.2, -0.15) is 5.26 Å². The topological polar surface area (TPSA) is 61.7 Å². The second-order valence-electron chi connectivity index (χ2n) is 6.04. The van der Waals surface area contributed by atoms with Crippen LogP contribution in [-0.4, -0.2) is 9.97 Å². The third-order valence-electron chi connectivity index (χ3n) is 4.39. The Bertz CT molecular complexity index is 907. The van der Waals surface area contributed by atoms with Crippen molar-refractivity contribution in [3.05, 3.63) is 76.9 Å². The summed E-state index contributed by atoms with van der Waals surface area (Å²) in [6.45, 7) is 0. The minimum atomic E-state index is 0.540. The number of fused-ring (bicyclic) bond motifs is 1. The zero-order valence-electron chi connectivity index (χ0n) is 13.2. The SMILES string of the molecule is N#Cc1ccc(Cc2ncc[nH]2)cc1Oc1ccc2c(c1)CCC2. The summed E-state index contributed by atoms with van der Waals surface area (Å²) in [5, 5.41) is 9.35. The summed E-state index contributed by atoms with van der Waals surface area (Å²) < 4.78 is 6.03. The first-order valence-corrected chi connectivity index (χ1v) is 8.13. The molecule has 1 aliphatic rings. The van der Waals surface area contributed by atoms with Gasteiger partial charge in [0.2, 0.25) is 0 Å². The predicted octanol–water partition coefficient (Wildman–Crippen LogP) is 4.15. The number of nitriles is 1. The molecule has 2 aromatic carbocycles. The van der Waals surface area contributed by atoms with Gasteiger partial charge < -0.3 is 9.72 Å². The quantitative estimate of drug-likeness (QED) is 0.786. The van der Waals surface area contributed by atoms with Gasteiger partial charge >= 0.3 is 0 Å². The predicted molar refractivity (Wildman–Crippen MR) is 91.1 cm³/mol. The number of ether oxygens (including phenoxy) is 1. The summed E-state index contributed by atoms with van der Waals surface area (Å²) in [6, 6.07) is 14.1. The van der Waals surface area contributed by atoms with Gasteiger partial charge in [-0.15, -0.1) is 0 Å². The van der Waals surface area contributed by atoms with Crippen LogP contribution in [0, 0.1) is 11.3 Å². The zero-order valence-corrected chi connectivity index (χ0v) is 13.2. The molecule has 118 valence electrons. The first kappa shape index (κ1) is 14.5. The number of hydrogen-bond acceptors (Lipinski definition) is 3. The van der Waals surface area contributed by atoms with E-state index < -0.39 is 0 Å². The molecule has 4 rings (SSSR count). The van der Waals surface area contributed by atoms with Crippen LogP contribution >= 0.6 is 0 Å². The molecule has 0 bridgehead atoms. The maximum atomic E-state index is 9.35. The lowest BCUT2D eigenvalue weighted by molar-refractivity contribution is 0.480. The number of aryl methyl sites for hydroxylation is 2. The Balaban J connectivity index is 1.62. The minimum absolute atomic E-state index is 0.540. The zero-order chi connectivity index (χ0) is 16.4. The number of aromatic amines is 1. The smallest absolute Gasteiger partial charge is 0.145 e. The summed E-state index contributed by atoms with van der Waals surface area (Å²) in [5.74, 6) is 2.28. The molecule has 3 aromatic rings.